The number of nitrogens with zero attached hydrogens (tertiary/aromatic N) is 2. The van der Waals surface area contributed by atoms with Crippen LogP contribution in [0.5, 0.6) is 0 Å². The Hall–Kier alpha value is -1.47. The van der Waals surface area contributed by atoms with Gasteiger partial charge >= 0.3 is 0 Å². The van der Waals surface area contributed by atoms with Gasteiger partial charge in [-0.05, 0) is 18.6 Å². The second kappa shape index (κ2) is 7.88. The first-order valence-electron chi connectivity index (χ1n) is 7.74. The molecule has 0 aromatic carbocycles. The lowest BCUT2D eigenvalue weighted by molar-refractivity contribution is 0.981. The summed E-state index contributed by atoms with van der Waals surface area (Å²) in [6.45, 7) is 2.92. The molecule has 7 heteroatoms. The Kier molecular flexibility index (Phi) is 5.61. The molecule has 1 aliphatic heterocycles. The quantitative estimate of drug-likeness (QED) is 0.866. The van der Waals surface area contributed by atoms with Gasteiger partial charge in [0.1, 0.15) is 11.6 Å². The van der Waals surface area contributed by atoms with E-state index in [-0.39, 0.29) is 5.56 Å². The second-order valence-electron chi connectivity index (χ2n) is 5.32. The molecule has 3 heterocycles. The molecule has 0 spiro atoms. The average Bonchev–Trinajstić information content (AvgIpc) is 2.60. The van der Waals surface area contributed by atoms with Gasteiger partial charge in [0.2, 0.25) is 0 Å². The highest BCUT2D eigenvalue weighted by atomic mass is 32.2. The number of thioether (sulfide) groups is 2. The summed E-state index contributed by atoms with van der Waals surface area (Å²) in [4.78, 5) is 23.3. The van der Waals surface area contributed by atoms with Crippen molar-refractivity contribution in [3.63, 3.8) is 0 Å². The van der Waals surface area contributed by atoms with E-state index in [4.69, 9.17) is 0 Å². The van der Waals surface area contributed by atoms with E-state index in [2.05, 4.69) is 20.3 Å². The smallest absolute Gasteiger partial charge is 0.251 e. The van der Waals surface area contributed by atoms with Crippen LogP contribution in [-0.2, 0) is 6.42 Å². The molecule has 1 atom stereocenters. The minimum absolute atomic E-state index is 0.124. The molecule has 1 aliphatic rings. The number of nitrogens with one attached hydrogen (secondary N) is 2. The molecule has 1 unspecified atom stereocenters. The zero-order valence-corrected chi connectivity index (χ0v) is 14.7. The maximum atomic E-state index is 11.7. The van der Waals surface area contributed by atoms with Crippen molar-refractivity contribution in [1.82, 2.24) is 15.0 Å². The first-order chi connectivity index (χ1) is 11.2. The normalized spacial score (nSPS) is 17.9. The van der Waals surface area contributed by atoms with Crippen LogP contribution in [0.25, 0.3) is 11.4 Å². The van der Waals surface area contributed by atoms with Gasteiger partial charge < -0.3 is 10.3 Å². The van der Waals surface area contributed by atoms with Gasteiger partial charge in [-0.25, -0.2) is 9.97 Å². The zero-order valence-electron chi connectivity index (χ0n) is 13.0. The molecule has 1 fully saturated rings. The van der Waals surface area contributed by atoms with Crippen molar-refractivity contribution >= 4 is 29.3 Å². The van der Waals surface area contributed by atoms with Crippen LogP contribution < -0.4 is 10.9 Å². The highest BCUT2D eigenvalue weighted by Crippen LogP contribution is 2.24. The van der Waals surface area contributed by atoms with Gasteiger partial charge in [-0.15, -0.1) is 0 Å². The first kappa shape index (κ1) is 16.4. The van der Waals surface area contributed by atoms with Crippen molar-refractivity contribution in [1.29, 1.82) is 0 Å². The summed E-state index contributed by atoms with van der Waals surface area (Å²) in [6, 6.07) is 5.41. The number of hydrogen-bond acceptors (Lipinski definition) is 6. The maximum Gasteiger partial charge on any atom is 0.251 e. The fourth-order valence-corrected chi connectivity index (χ4v) is 4.95. The fourth-order valence-electron chi connectivity index (χ4n) is 2.34. The third-order valence-corrected chi connectivity index (χ3v) is 6.43. The largest absolute Gasteiger partial charge is 0.369 e. The summed E-state index contributed by atoms with van der Waals surface area (Å²) in [7, 11) is 0. The van der Waals surface area contributed by atoms with Gasteiger partial charge in [0.25, 0.3) is 5.56 Å². The third-order valence-electron chi connectivity index (χ3n) is 3.59. The fraction of sp³-hybridized carbons (Fsp3) is 0.438. The van der Waals surface area contributed by atoms with Gasteiger partial charge in [-0.2, -0.15) is 23.5 Å². The minimum Gasteiger partial charge on any atom is -0.369 e. The van der Waals surface area contributed by atoms with Crippen LogP contribution in [0, 0.1) is 0 Å². The van der Waals surface area contributed by atoms with Gasteiger partial charge in [0, 0.05) is 52.6 Å². The van der Waals surface area contributed by atoms with Gasteiger partial charge in [-0.1, -0.05) is 6.92 Å². The topological polar surface area (TPSA) is 70.7 Å². The molecule has 0 radical (unpaired) electrons. The first-order valence-corrected chi connectivity index (χ1v) is 9.95. The number of anilines is 1. The average molecular weight is 348 g/mol. The van der Waals surface area contributed by atoms with Crippen LogP contribution >= 0.6 is 23.5 Å². The van der Waals surface area contributed by atoms with E-state index in [1.807, 2.05) is 42.6 Å². The lowest BCUT2D eigenvalue weighted by atomic mass is 10.2. The number of pyridine rings is 1. The molecule has 2 aromatic heterocycles. The van der Waals surface area contributed by atoms with Crippen LogP contribution in [0.15, 0.2) is 29.2 Å². The van der Waals surface area contributed by atoms with Gasteiger partial charge in [0.15, 0.2) is 0 Å². The molecule has 5 nitrogen and oxygen atoms in total. The monoisotopic (exact) mass is 348 g/mol. The third kappa shape index (κ3) is 4.51. The van der Waals surface area contributed by atoms with Crippen molar-refractivity contribution in [3.05, 3.63) is 40.4 Å². The van der Waals surface area contributed by atoms with E-state index in [0.717, 1.165) is 30.0 Å². The van der Waals surface area contributed by atoms with Crippen molar-refractivity contribution in [2.45, 2.75) is 18.6 Å². The molecule has 0 saturated carbocycles. The molecular formula is C16H20N4OS2. The van der Waals surface area contributed by atoms with Crippen LogP contribution in [0.2, 0.25) is 0 Å². The molecule has 0 aliphatic carbocycles. The summed E-state index contributed by atoms with van der Waals surface area (Å²) in [5.41, 5.74) is 1.49. The number of aryl methyl sites for hydroxylation is 1. The molecule has 3 rings (SSSR count). The predicted octanol–water partition coefficient (Wildman–Crippen LogP) is 2.65. The van der Waals surface area contributed by atoms with E-state index in [0.29, 0.717) is 11.1 Å². The highest BCUT2D eigenvalue weighted by molar-refractivity contribution is 8.06. The Morgan fingerprint density at radius 1 is 1.39 bits per heavy atom. The SMILES string of the molecule is CCc1cc(=O)[nH]c(-c2ccc(NCC3CSCCS3)nc2)n1. The summed E-state index contributed by atoms with van der Waals surface area (Å²) in [5, 5.41) is 4.04. The van der Waals surface area contributed by atoms with E-state index in [1.165, 1.54) is 23.3 Å². The Balaban J connectivity index is 1.67. The molecule has 122 valence electrons. The standard InChI is InChI=1S/C16H20N4OS2/c1-2-12-7-15(21)20-16(19-12)11-3-4-14(17-8-11)18-9-13-10-22-5-6-23-13/h3-4,7-8,13H,2,5-6,9-10H2,1H3,(H,17,18)(H,19,20,21). The predicted molar refractivity (Wildman–Crippen MR) is 99.5 cm³/mol. The summed E-state index contributed by atoms with van der Waals surface area (Å²) in [6.07, 6.45) is 2.49. The molecule has 2 N–H and O–H groups in total. The maximum absolute atomic E-state index is 11.7. The zero-order chi connectivity index (χ0) is 16.1. The van der Waals surface area contributed by atoms with Crippen LogP contribution in [0.3, 0.4) is 0 Å². The van der Waals surface area contributed by atoms with Crippen molar-refractivity contribution < 1.29 is 0 Å². The van der Waals surface area contributed by atoms with Crippen molar-refractivity contribution in [2.75, 3.05) is 29.1 Å². The Bertz CT molecular complexity index is 696. The minimum atomic E-state index is -0.124. The number of hydrogen-bond donors (Lipinski definition) is 2. The number of aromatic nitrogens is 3. The highest BCUT2D eigenvalue weighted by Gasteiger charge is 2.14. The molecule has 23 heavy (non-hydrogen) atoms. The number of aromatic amines is 1. The molecule has 1 saturated heterocycles. The van der Waals surface area contributed by atoms with Gasteiger partial charge in [0.05, 0.1) is 0 Å². The Morgan fingerprint density at radius 2 is 2.30 bits per heavy atom. The van der Waals surface area contributed by atoms with Crippen LogP contribution in [-0.4, -0.2) is 44.0 Å². The number of H-pyrrole nitrogens is 1. The Labute approximate surface area is 144 Å². The van der Waals surface area contributed by atoms with E-state index < -0.39 is 0 Å². The lowest BCUT2D eigenvalue weighted by Gasteiger charge is -2.21. The molecular weight excluding hydrogens is 328 g/mol. The van der Waals surface area contributed by atoms with E-state index in [9.17, 15) is 4.79 Å². The van der Waals surface area contributed by atoms with Crippen molar-refractivity contribution in [2.24, 2.45) is 0 Å². The van der Waals surface area contributed by atoms with Crippen molar-refractivity contribution in [3.8, 4) is 11.4 Å². The Morgan fingerprint density at radius 3 is 3.00 bits per heavy atom. The van der Waals surface area contributed by atoms with Crippen LogP contribution in [0.4, 0.5) is 5.82 Å². The summed E-state index contributed by atoms with van der Waals surface area (Å²) >= 11 is 4.05. The molecule has 0 amide bonds. The summed E-state index contributed by atoms with van der Waals surface area (Å²) in [5.74, 6) is 5.13. The van der Waals surface area contributed by atoms with Gasteiger partial charge in [-0.3, -0.25) is 4.79 Å². The van der Waals surface area contributed by atoms with E-state index in [1.54, 1.807) is 6.20 Å². The molecule has 0 bridgehead atoms. The second-order valence-corrected chi connectivity index (χ2v) is 7.88. The molecule has 2 aromatic rings. The van der Waals surface area contributed by atoms with Crippen LogP contribution in [0.1, 0.15) is 12.6 Å². The summed E-state index contributed by atoms with van der Waals surface area (Å²) < 4.78 is 0. The number of rotatable bonds is 5. The van der Waals surface area contributed by atoms with E-state index >= 15 is 0 Å². The lowest BCUT2D eigenvalue weighted by Crippen LogP contribution is -2.23.